The van der Waals surface area contributed by atoms with Crippen LogP contribution in [0.5, 0.6) is 5.75 Å². The first-order valence-electron chi connectivity index (χ1n) is 9.72. The van der Waals surface area contributed by atoms with Gasteiger partial charge in [0, 0.05) is 29.3 Å². The number of dihydropyridines is 1. The standard InChI is InChI=1S/C23H29NO4/c1-13(2)28-22(26)19-14(3)24-17-11-23(4,5)12-18(25)21(17)20(19)15-8-7-9-16(10-15)27-6/h7-10,13,20,24H,11-12H2,1-6H3/t20-/m1/s1. The molecule has 1 heterocycles. The number of ether oxygens (including phenoxy) is 2. The van der Waals surface area contributed by atoms with Crippen molar-refractivity contribution in [1.82, 2.24) is 5.32 Å². The molecule has 5 heteroatoms. The maximum atomic E-state index is 13.2. The van der Waals surface area contributed by atoms with Crippen molar-refractivity contribution in [2.75, 3.05) is 7.11 Å². The normalized spacial score (nSPS) is 21.4. The Morgan fingerprint density at radius 1 is 1.25 bits per heavy atom. The second-order valence-corrected chi connectivity index (χ2v) is 8.66. The second-order valence-electron chi connectivity index (χ2n) is 8.66. The van der Waals surface area contributed by atoms with Gasteiger partial charge < -0.3 is 14.8 Å². The molecule has 1 aromatic rings. The first-order valence-corrected chi connectivity index (χ1v) is 9.72. The summed E-state index contributed by atoms with van der Waals surface area (Å²) in [7, 11) is 1.61. The van der Waals surface area contributed by atoms with E-state index in [1.807, 2.05) is 45.0 Å². The van der Waals surface area contributed by atoms with E-state index in [9.17, 15) is 9.59 Å². The number of hydrogen-bond acceptors (Lipinski definition) is 5. The zero-order valence-corrected chi connectivity index (χ0v) is 17.5. The van der Waals surface area contributed by atoms with E-state index in [0.29, 0.717) is 23.3 Å². The van der Waals surface area contributed by atoms with Crippen LogP contribution in [-0.2, 0) is 14.3 Å². The van der Waals surface area contributed by atoms with Crippen LogP contribution in [0.4, 0.5) is 0 Å². The van der Waals surface area contributed by atoms with Gasteiger partial charge >= 0.3 is 5.97 Å². The molecule has 0 unspecified atom stereocenters. The van der Waals surface area contributed by atoms with Gasteiger partial charge in [-0.2, -0.15) is 0 Å². The molecule has 1 aliphatic heterocycles. The number of Topliss-reactive ketones (excluding diaryl/α,β-unsaturated/α-hetero) is 1. The third-order valence-corrected chi connectivity index (χ3v) is 5.23. The molecule has 0 amide bonds. The molecule has 0 spiro atoms. The molecule has 28 heavy (non-hydrogen) atoms. The Morgan fingerprint density at radius 3 is 2.61 bits per heavy atom. The highest BCUT2D eigenvalue weighted by molar-refractivity contribution is 6.04. The van der Waals surface area contributed by atoms with E-state index in [-0.39, 0.29) is 17.3 Å². The quantitative estimate of drug-likeness (QED) is 0.788. The van der Waals surface area contributed by atoms with Crippen LogP contribution < -0.4 is 10.1 Å². The van der Waals surface area contributed by atoms with Crippen molar-refractivity contribution in [1.29, 1.82) is 0 Å². The number of carbonyl (C=O) groups is 2. The van der Waals surface area contributed by atoms with Crippen molar-refractivity contribution in [2.45, 2.75) is 59.5 Å². The maximum absolute atomic E-state index is 13.2. The highest BCUT2D eigenvalue weighted by Gasteiger charge is 2.43. The smallest absolute Gasteiger partial charge is 0.337 e. The lowest BCUT2D eigenvalue weighted by molar-refractivity contribution is -0.143. The number of ketones is 1. The molecule has 0 bridgehead atoms. The van der Waals surface area contributed by atoms with E-state index in [1.54, 1.807) is 7.11 Å². The van der Waals surface area contributed by atoms with E-state index in [0.717, 1.165) is 23.4 Å². The second kappa shape index (κ2) is 7.46. The van der Waals surface area contributed by atoms with Gasteiger partial charge in [0.1, 0.15) is 5.75 Å². The summed E-state index contributed by atoms with van der Waals surface area (Å²) in [6.07, 6.45) is 0.980. The number of carbonyl (C=O) groups excluding carboxylic acids is 2. The average Bonchev–Trinajstić information content (AvgIpc) is 2.58. The van der Waals surface area contributed by atoms with Crippen LogP contribution in [0.2, 0.25) is 0 Å². The number of hydrogen-bond donors (Lipinski definition) is 1. The number of esters is 1. The Labute approximate surface area is 166 Å². The van der Waals surface area contributed by atoms with Gasteiger partial charge in [0.25, 0.3) is 0 Å². The Bertz CT molecular complexity index is 876. The van der Waals surface area contributed by atoms with E-state index in [4.69, 9.17) is 9.47 Å². The number of benzene rings is 1. The van der Waals surface area contributed by atoms with Gasteiger partial charge in [-0.15, -0.1) is 0 Å². The van der Waals surface area contributed by atoms with E-state index in [2.05, 4.69) is 19.2 Å². The van der Waals surface area contributed by atoms with E-state index >= 15 is 0 Å². The van der Waals surface area contributed by atoms with Gasteiger partial charge in [-0.1, -0.05) is 26.0 Å². The summed E-state index contributed by atoms with van der Waals surface area (Å²) >= 11 is 0. The highest BCUT2D eigenvalue weighted by atomic mass is 16.5. The third kappa shape index (κ3) is 3.84. The molecule has 0 aromatic heterocycles. The van der Waals surface area contributed by atoms with E-state index < -0.39 is 11.9 Å². The van der Waals surface area contributed by atoms with Crippen LogP contribution in [0.3, 0.4) is 0 Å². The number of methoxy groups -OCH3 is 1. The van der Waals surface area contributed by atoms with Crippen molar-refractivity contribution in [3.05, 3.63) is 52.4 Å². The van der Waals surface area contributed by atoms with Gasteiger partial charge in [0.05, 0.1) is 18.8 Å². The molecular weight excluding hydrogens is 354 g/mol. The first-order chi connectivity index (χ1) is 13.1. The summed E-state index contributed by atoms with van der Waals surface area (Å²) in [5, 5.41) is 3.34. The fourth-order valence-electron chi connectivity index (χ4n) is 4.14. The molecule has 0 saturated carbocycles. The Hall–Kier alpha value is -2.56. The third-order valence-electron chi connectivity index (χ3n) is 5.23. The molecule has 0 radical (unpaired) electrons. The summed E-state index contributed by atoms with van der Waals surface area (Å²) in [4.78, 5) is 26.2. The van der Waals surface area contributed by atoms with Crippen LogP contribution in [-0.4, -0.2) is 25.0 Å². The van der Waals surface area contributed by atoms with Crippen LogP contribution in [0.25, 0.3) is 0 Å². The van der Waals surface area contributed by atoms with E-state index in [1.165, 1.54) is 0 Å². The van der Waals surface area contributed by atoms with Crippen LogP contribution >= 0.6 is 0 Å². The van der Waals surface area contributed by atoms with Crippen molar-refractivity contribution >= 4 is 11.8 Å². The Morgan fingerprint density at radius 2 is 1.96 bits per heavy atom. The van der Waals surface area contributed by atoms with Gasteiger partial charge in [-0.3, -0.25) is 4.79 Å². The lowest BCUT2D eigenvalue weighted by Gasteiger charge is -2.39. The molecule has 1 aromatic carbocycles. The number of nitrogens with one attached hydrogen (secondary N) is 1. The Balaban J connectivity index is 2.17. The number of rotatable bonds is 4. The average molecular weight is 383 g/mol. The summed E-state index contributed by atoms with van der Waals surface area (Å²) < 4.78 is 10.9. The maximum Gasteiger partial charge on any atom is 0.337 e. The molecule has 2 aliphatic rings. The largest absolute Gasteiger partial charge is 0.497 e. The summed E-state index contributed by atoms with van der Waals surface area (Å²) in [6, 6.07) is 7.57. The first kappa shape index (κ1) is 20.2. The van der Waals surface area contributed by atoms with Gasteiger partial charge in [0.2, 0.25) is 0 Å². The lowest BCUT2D eigenvalue weighted by atomic mass is 9.68. The molecular formula is C23H29NO4. The predicted octanol–water partition coefficient (Wildman–Crippen LogP) is 4.25. The summed E-state index contributed by atoms with van der Waals surface area (Å²) in [5.41, 5.74) is 3.56. The van der Waals surface area contributed by atoms with Crippen molar-refractivity contribution in [3.8, 4) is 5.75 Å². The molecule has 1 N–H and O–H groups in total. The zero-order chi connectivity index (χ0) is 20.6. The lowest BCUT2D eigenvalue weighted by Crippen LogP contribution is -2.39. The van der Waals surface area contributed by atoms with Crippen molar-refractivity contribution < 1.29 is 19.1 Å². The van der Waals surface area contributed by atoms with Crippen LogP contribution in [0.1, 0.15) is 58.9 Å². The topological polar surface area (TPSA) is 64.6 Å². The molecule has 150 valence electrons. The highest BCUT2D eigenvalue weighted by Crippen LogP contribution is 2.47. The number of allylic oxidation sites excluding steroid dienone is 3. The molecule has 1 atom stereocenters. The minimum Gasteiger partial charge on any atom is -0.497 e. The van der Waals surface area contributed by atoms with Crippen molar-refractivity contribution in [3.63, 3.8) is 0 Å². The fourth-order valence-corrected chi connectivity index (χ4v) is 4.14. The SMILES string of the molecule is COc1cccc([C@@H]2C(C(=O)OC(C)C)=C(C)NC3=C2C(=O)CC(C)(C)C3)c1. The predicted molar refractivity (Wildman–Crippen MR) is 108 cm³/mol. The minimum absolute atomic E-state index is 0.0777. The molecule has 1 aliphatic carbocycles. The minimum atomic E-state index is -0.457. The molecule has 3 rings (SSSR count). The van der Waals surface area contributed by atoms with Gasteiger partial charge in [0.15, 0.2) is 5.78 Å². The zero-order valence-electron chi connectivity index (χ0n) is 17.5. The van der Waals surface area contributed by atoms with Crippen molar-refractivity contribution in [2.24, 2.45) is 5.41 Å². The summed E-state index contributed by atoms with van der Waals surface area (Å²) in [5.74, 6) is -0.0804. The van der Waals surface area contributed by atoms with Gasteiger partial charge in [-0.25, -0.2) is 4.79 Å². The monoisotopic (exact) mass is 383 g/mol. The molecule has 5 nitrogen and oxygen atoms in total. The van der Waals surface area contributed by atoms with Gasteiger partial charge in [-0.05, 0) is 50.3 Å². The molecule has 0 fully saturated rings. The Kier molecular flexibility index (Phi) is 5.37. The summed E-state index contributed by atoms with van der Waals surface area (Å²) in [6.45, 7) is 9.71. The van der Waals surface area contributed by atoms with Crippen LogP contribution in [0, 0.1) is 5.41 Å². The fraction of sp³-hybridized carbons (Fsp3) is 0.478. The molecule has 0 saturated heterocycles. The van der Waals surface area contributed by atoms with Crippen LogP contribution in [0.15, 0.2) is 46.8 Å².